The largest absolute Gasteiger partial charge is 0.417 e. The molecule has 0 N–H and O–H groups in total. The summed E-state index contributed by atoms with van der Waals surface area (Å²) >= 11 is 9.56. The predicted octanol–water partition coefficient (Wildman–Crippen LogP) is 5.94. The summed E-state index contributed by atoms with van der Waals surface area (Å²) in [6, 6.07) is 8.15. The van der Waals surface area contributed by atoms with Crippen LogP contribution >= 0.6 is 27.5 Å². The van der Waals surface area contributed by atoms with E-state index in [2.05, 4.69) is 26.0 Å². The first-order valence-corrected chi connectivity index (χ1v) is 14.4. The van der Waals surface area contributed by atoms with Crippen molar-refractivity contribution in [2.24, 2.45) is 7.05 Å². The maximum absolute atomic E-state index is 14.2. The standard InChI is InChI=1S/C29H24BrClF3N7O2/c1-14-7-16(3)41(37-14)28-36-24-12-39(26(42)17-5-6-21(30)20(9-17)29(32,33)34)15(2)8-19(24)27(43)40(28)18-10-22(31)25-23(11-18)35-13-38(25)4/h5-7,9-11,13,15H,8,12H2,1-4H3/t15-/m1/s1. The van der Waals surface area contributed by atoms with Gasteiger partial charge in [-0.15, -0.1) is 0 Å². The zero-order valence-corrected chi connectivity index (χ0v) is 25.7. The molecule has 0 fully saturated rings. The molecule has 43 heavy (non-hydrogen) atoms. The quantitative estimate of drug-likeness (QED) is 0.236. The smallest absolute Gasteiger partial charge is 0.333 e. The van der Waals surface area contributed by atoms with Gasteiger partial charge in [0.1, 0.15) is 0 Å². The molecule has 0 spiro atoms. The van der Waals surface area contributed by atoms with E-state index >= 15 is 0 Å². The number of carbonyl (C=O) groups is 1. The van der Waals surface area contributed by atoms with Crippen LogP contribution in [0, 0.1) is 13.8 Å². The Morgan fingerprint density at radius 1 is 1.14 bits per heavy atom. The van der Waals surface area contributed by atoms with Crippen LogP contribution in [-0.2, 0) is 26.2 Å². The number of alkyl halides is 3. The van der Waals surface area contributed by atoms with Gasteiger partial charge in [-0.2, -0.15) is 18.3 Å². The molecule has 1 amide bonds. The molecular formula is C29H24BrClF3N7O2. The van der Waals surface area contributed by atoms with Gasteiger partial charge in [-0.05, 0) is 63.6 Å². The molecule has 0 unspecified atom stereocenters. The molecule has 9 nitrogen and oxygen atoms in total. The molecule has 0 bridgehead atoms. The summed E-state index contributed by atoms with van der Waals surface area (Å²) in [6.45, 7) is 5.32. The average Bonchev–Trinajstić information content (AvgIpc) is 3.48. The van der Waals surface area contributed by atoms with Crippen LogP contribution in [0.1, 0.15) is 45.5 Å². The van der Waals surface area contributed by atoms with Crippen LogP contribution in [0.5, 0.6) is 0 Å². The van der Waals surface area contributed by atoms with Crippen LogP contribution < -0.4 is 5.56 Å². The Balaban J connectivity index is 1.50. The fraction of sp³-hybridized carbons (Fsp3) is 0.276. The molecular weight excluding hydrogens is 651 g/mol. The number of imidazole rings is 1. The number of amides is 1. The Bertz CT molecular complexity index is 2010. The van der Waals surface area contributed by atoms with E-state index in [4.69, 9.17) is 16.6 Å². The number of hydrogen-bond acceptors (Lipinski definition) is 5. The van der Waals surface area contributed by atoms with E-state index in [1.807, 2.05) is 27.0 Å². The molecule has 14 heteroatoms. The number of rotatable bonds is 3. The van der Waals surface area contributed by atoms with Gasteiger partial charge in [0.15, 0.2) is 0 Å². The minimum Gasteiger partial charge on any atom is -0.333 e. The maximum Gasteiger partial charge on any atom is 0.417 e. The highest BCUT2D eigenvalue weighted by Crippen LogP contribution is 2.36. The third-order valence-corrected chi connectivity index (χ3v) is 8.56. The summed E-state index contributed by atoms with van der Waals surface area (Å²) in [6.07, 6.45) is -2.86. The summed E-state index contributed by atoms with van der Waals surface area (Å²) in [5, 5.41) is 4.95. The Morgan fingerprint density at radius 3 is 2.56 bits per heavy atom. The van der Waals surface area contributed by atoms with Crippen LogP contribution in [-0.4, -0.2) is 45.7 Å². The second kappa shape index (κ2) is 10.3. The minimum absolute atomic E-state index is 0.0742. The lowest BCUT2D eigenvalue weighted by atomic mass is 9.98. The molecule has 0 saturated carbocycles. The zero-order valence-electron chi connectivity index (χ0n) is 23.4. The van der Waals surface area contributed by atoms with Gasteiger partial charge in [0.05, 0.1) is 51.6 Å². The number of hydrogen-bond donors (Lipinski definition) is 0. The fourth-order valence-corrected chi connectivity index (χ4v) is 6.33. The van der Waals surface area contributed by atoms with Gasteiger partial charge in [-0.25, -0.2) is 19.2 Å². The molecule has 3 aromatic heterocycles. The topological polar surface area (TPSA) is 90.8 Å². The van der Waals surface area contributed by atoms with Crippen molar-refractivity contribution >= 4 is 44.5 Å². The summed E-state index contributed by atoms with van der Waals surface area (Å²) in [7, 11) is 1.82. The Labute approximate surface area is 256 Å². The third-order valence-electron chi connectivity index (χ3n) is 7.58. The average molecular weight is 675 g/mol. The molecule has 1 atom stereocenters. The number of halogens is 5. The van der Waals surface area contributed by atoms with Gasteiger partial charge < -0.3 is 9.47 Å². The highest BCUT2D eigenvalue weighted by Gasteiger charge is 2.36. The molecule has 5 aromatic rings. The molecule has 6 rings (SSSR count). The Morgan fingerprint density at radius 2 is 1.88 bits per heavy atom. The molecule has 2 aromatic carbocycles. The number of aryl methyl sites for hydroxylation is 3. The van der Waals surface area contributed by atoms with Crippen LogP contribution in [0.3, 0.4) is 0 Å². The number of benzene rings is 2. The Kier molecular flexibility index (Phi) is 7.00. The van der Waals surface area contributed by atoms with Crippen LogP contribution in [0.25, 0.3) is 22.7 Å². The second-order valence-corrected chi connectivity index (χ2v) is 11.9. The molecule has 222 valence electrons. The lowest BCUT2D eigenvalue weighted by Gasteiger charge is -2.34. The Hall–Kier alpha value is -3.97. The van der Waals surface area contributed by atoms with E-state index in [1.165, 1.54) is 21.6 Å². The van der Waals surface area contributed by atoms with Crippen molar-refractivity contribution in [3.05, 3.63) is 96.3 Å². The monoisotopic (exact) mass is 673 g/mol. The van der Waals surface area contributed by atoms with Gasteiger partial charge >= 0.3 is 6.18 Å². The summed E-state index contributed by atoms with van der Waals surface area (Å²) in [4.78, 5) is 38.5. The molecule has 1 aliphatic rings. The van der Waals surface area contributed by atoms with Gasteiger partial charge in [0.25, 0.3) is 11.5 Å². The number of carbonyl (C=O) groups excluding carboxylic acids is 1. The van der Waals surface area contributed by atoms with Crippen LogP contribution in [0.4, 0.5) is 13.2 Å². The number of fused-ring (bicyclic) bond motifs is 2. The first-order valence-electron chi connectivity index (χ1n) is 13.2. The lowest BCUT2D eigenvalue weighted by molar-refractivity contribution is -0.138. The highest BCUT2D eigenvalue weighted by atomic mass is 79.9. The van der Waals surface area contributed by atoms with Gasteiger partial charge in [0.2, 0.25) is 5.95 Å². The lowest BCUT2D eigenvalue weighted by Crippen LogP contribution is -2.46. The summed E-state index contributed by atoms with van der Waals surface area (Å²) in [5.74, 6) is -0.409. The third kappa shape index (κ3) is 4.93. The van der Waals surface area contributed by atoms with E-state index in [0.717, 1.165) is 11.8 Å². The van der Waals surface area contributed by atoms with Crippen LogP contribution in [0.2, 0.25) is 5.02 Å². The number of nitrogens with zero attached hydrogens (tertiary/aromatic N) is 7. The molecule has 1 aliphatic heterocycles. The SMILES string of the molecule is Cc1cc(C)n(-c2nc3c(c(=O)n2-c2cc(Cl)c4c(c2)ncn4C)C[C@@H](C)N(C(=O)c2ccc(Br)c(C(F)(F)F)c2)C3)n1. The van der Waals surface area contributed by atoms with Gasteiger partial charge in [-0.3, -0.25) is 9.59 Å². The van der Waals surface area contributed by atoms with Gasteiger partial charge in [-0.1, -0.05) is 27.5 Å². The van der Waals surface area contributed by atoms with Crippen LogP contribution in [0.15, 0.2) is 52.0 Å². The van der Waals surface area contributed by atoms with Crippen molar-refractivity contribution in [1.82, 2.24) is 33.8 Å². The minimum atomic E-state index is -4.64. The van der Waals surface area contributed by atoms with Crippen molar-refractivity contribution in [3.8, 4) is 11.6 Å². The van der Waals surface area contributed by atoms with Crippen molar-refractivity contribution in [3.63, 3.8) is 0 Å². The van der Waals surface area contributed by atoms with E-state index in [0.29, 0.717) is 38.7 Å². The highest BCUT2D eigenvalue weighted by molar-refractivity contribution is 9.10. The van der Waals surface area contributed by atoms with Crippen molar-refractivity contribution in [2.45, 2.75) is 46.0 Å². The molecule has 0 saturated heterocycles. The second-order valence-electron chi connectivity index (χ2n) is 10.6. The number of aromatic nitrogens is 6. The molecule has 0 aliphatic carbocycles. The molecule has 4 heterocycles. The normalized spacial score (nSPS) is 15.3. The summed E-state index contributed by atoms with van der Waals surface area (Å²) < 4.78 is 45.3. The zero-order chi connectivity index (χ0) is 31.0. The van der Waals surface area contributed by atoms with Crippen molar-refractivity contribution in [2.75, 3.05) is 0 Å². The van der Waals surface area contributed by atoms with E-state index < -0.39 is 23.7 Å². The fourth-order valence-electron chi connectivity index (χ4n) is 5.52. The van der Waals surface area contributed by atoms with Crippen molar-refractivity contribution < 1.29 is 18.0 Å². The van der Waals surface area contributed by atoms with E-state index in [1.54, 1.807) is 34.6 Å². The van der Waals surface area contributed by atoms with E-state index in [9.17, 15) is 22.8 Å². The maximum atomic E-state index is 14.2. The molecule has 0 radical (unpaired) electrons. The first kappa shape index (κ1) is 29.1. The van der Waals surface area contributed by atoms with Gasteiger partial charge in [0, 0.05) is 34.4 Å². The van der Waals surface area contributed by atoms with E-state index in [-0.39, 0.29) is 34.5 Å². The predicted molar refractivity (Wildman–Crippen MR) is 158 cm³/mol. The van der Waals surface area contributed by atoms with Crippen molar-refractivity contribution in [1.29, 1.82) is 0 Å². The first-order chi connectivity index (χ1) is 20.2. The summed E-state index contributed by atoms with van der Waals surface area (Å²) in [5.41, 5.74) is 2.48.